The largest absolute Gasteiger partial charge is 0.462 e. The molecule has 0 heterocycles. The lowest BCUT2D eigenvalue weighted by Crippen LogP contribution is -2.30. The van der Waals surface area contributed by atoms with Gasteiger partial charge in [-0.05, 0) is 103 Å². The lowest BCUT2D eigenvalue weighted by Gasteiger charge is -2.18. The van der Waals surface area contributed by atoms with Crippen LogP contribution in [0.15, 0.2) is 109 Å². The molecule has 0 aliphatic rings. The summed E-state index contributed by atoms with van der Waals surface area (Å²) >= 11 is 0. The van der Waals surface area contributed by atoms with Crippen LogP contribution >= 0.6 is 0 Å². The third-order valence-electron chi connectivity index (χ3n) is 10.6. The predicted molar refractivity (Wildman–Crippen MR) is 274 cm³/mol. The molecule has 0 radical (unpaired) electrons. The maximum atomic E-state index is 12.8. The predicted octanol–water partition coefficient (Wildman–Crippen LogP) is 17.1. The topological polar surface area (TPSA) is 78.9 Å². The molecule has 0 spiro atoms. The second kappa shape index (κ2) is 51.7. The van der Waals surface area contributed by atoms with Crippen molar-refractivity contribution < 1.29 is 28.6 Å². The van der Waals surface area contributed by atoms with Crippen molar-refractivity contribution in [2.75, 3.05) is 13.2 Å². The van der Waals surface area contributed by atoms with Gasteiger partial charge in [0.05, 0.1) is 0 Å². The van der Waals surface area contributed by atoms with E-state index in [2.05, 4.69) is 106 Å². The zero-order valence-corrected chi connectivity index (χ0v) is 41.3. The Hall–Kier alpha value is -3.93. The highest BCUT2D eigenvalue weighted by Crippen LogP contribution is 2.13. The van der Waals surface area contributed by atoms with Gasteiger partial charge in [0.15, 0.2) is 6.10 Å². The van der Waals surface area contributed by atoms with Gasteiger partial charge in [-0.15, -0.1) is 0 Å². The highest BCUT2D eigenvalue weighted by Gasteiger charge is 2.19. The molecule has 0 amide bonds. The summed E-state index contributed by atoms with van der Waals surface area (Å²) in [4.78, 5) is 38.0. The van der Waals surface area contributed by atoms with E-state index < -0.39 is 6.10 Å². The molecule has 0 saturated carbocycles. The van der Waals surface area contributed by atoms with Gasteiger partial charge in [0.2, 0.25) is 0 Å². The first-order valence-electron chi connectivity index (χ1n) is 25.9. The maximum Gasteiger partial charge on any atom is 0.306 e. The average Bonchev–Trinajstić information content (AvgIpc) is 3.29. The van der Waals surface area contributed by atoms with Gasteiger partial charge in [-0.3, -0.25) is 14.4 Å². The number of unbranched alkanes of at least 4 members (excludes halogenated alkanes) is 19. The minimum absolute atomic E-state index is 0.0990. The second-order valence-corrected chi connectivity index (χ2v) is 16.8. The van der Waals surface area contributed by atoms with Crippen LogP contribution in [0.1, 0.15) is 220 Å². The summed E-state index contributed by atoms with van der Waals surface area (Å²) in [5, 5.41) is 0. The summed E-state index contributed by atoms with van der Waals surface area (Å²) < 4.78 is 16.8. The minimum atomic E-state index is -0.801. The van der Waals surface area contributed by atoms with Crippen LogP contribution in [-0.4, -0.2) is 37.2 Å². The molecule has 362 valence electrons. The fourth-order valence-electron chi connectivity index (χ4n) is 6.73. The number of hydrogen-bond donors (Lipinski definition) is 0. The van der Waals surface area contributed by atoms with Gasteiger partial charge in [0.25, 0.3) is 0 Å². The molecule has 0 rings (SSSR count). The summed E-state index contributed by atoms with van der Waals surface area (Å²) in [7, 11) is 0. The standard InChI is InChI=1S/C58H94O6/c1-4-7-10-13-16-19-22-25-27-28-29-30-32-33-36-39-42-45-48-51-57(60)63-54-55(53-62-56(59)50-47-44-41-38-35-24-21-18-15-12-9-6-3)64-58(61)52-49-46-43-40-37-34-31-26-23-20-17-14-11-8-5-2/h7-8,10-11,14,16-21,23,25-27,29-31,55H,4-6,9,12-13,15,22,24,28,32-54H2,1-3H3/b10-7-,11-8-,17-14-,19-16-,21-18-,23-20-,27-25-,30-29-,31-26-. The van der Waals surface area contributed by atoms with E-state index in [0.29, 0.717) is 19.3 Å². The first-order valence-corrected chi connectivity index (χ1v) is 25.9. The Balaban J connectivity index is 4.46. The average molecular weight is 887 g/mol. The van der Waals surface area contributed by atoms with Gasteiger partial charge in [-0.1, -0.05) is 207 Å². The van der Waals surface area contributed by atoms with Gasteiger partial charge in [0.1, 0.15) is 13.2 Å². The summed E-state index contributed by atoms with van der Waals surface area (Å²) in [6, 6.07) is 0. The highest BCUT2D eigenvalue weighted by atomic mass is 16.6. The van der Waals surface area contributed by atoms with Crippen LogP contribution in [0.3, 0.4) is 0 Å². The van der Waals surface area contributed by atoms with Crippen molar-refractivity contribution in [2.24, 2.45) is 0 Å². The normalized spacial score (nSPS) is 13.0. The summed E-state index contributed by atoms with van der Waals surface area (Å²) in [6.45, 7) is 6.31. The quantitative estimate of drug-likeness (QED) is 0.0199. The minimum Gasteiger partial charge on any atom is -0.462 e. The molecule has 0 bridgehead atoms. The van der Waals surface area contributed by atoms with Crippen molar-refractivity contribution in [3.63, 3.8) is 0 Å². The first kappa shape index (κ1) is 60.1. The van der Waals surface area contributed by atoms with E-state index in [1.54, 1.807) is 0 Å². The van der Waals surface area contributed by atoms with E-state index in [4.69, 9.17) is 14.2 Å². The smallest absolute Gasteiger partial charge is 0.306 e. The van der Waals surface area contributed by atoms with Crippen molar-refractivity contribution >= 4 is 17.9 Å². The Morgan fingerprint density at radius 1 is 0.344 bits per heavy atom. The summed E-state index contributed by atoms with van der Waals surface area (Å²) in [5.41, 5.74) is 0. The van der Waals surface area contributed by atoms with Gasteiger partial charge >= 0.3 is 17.9 Å². The summed E-state index contributed by atoms with van der Waals surface area (Å²) in [5.74, 6) is -0.950. The first-order chi connectivity index (χ1) is 31.5. The number of allylic oxidation sites excluding steroid dienone is 18. The molecular weight excluding hydrogens is 793 g/mol. The Bertz CT molecular complexity index is 1340. The van der Waals surface area contributed by atoms with Gasteiger partial charge in [-0.2, -0.15) is 0 Å². The van der Waals surface area contributed by atoms with E-state index in [9.17, 15) is 14.4 Å². The van der Waals surface area contributed by atoms with E-state index in [-0.39, 0.29) is 31.1 Å². The molecule has 0 saturated heterocycles. The zero-order valence-electron chi connectivity index (χ0n) is 41.3. The van der Waals surface area contributed by atoms with Crippen molar-refractivity contribution in [1.29, 1.82) is 0 Å². The lowest BCUT2D eigenvalue weighted by atomic mass is 10.1. The van der Waals surface area contributed by atoms with Gasteiger partial charge in [-0.25, -0.2) is 0 Å². The van der Waals surface area contributed by atoms with Crippen LogP contribution in [0, 0.1) is 0 Å². The lowest BCUT2D eigenvalue weighted by molar-refractivity contribution is -0.167. The Labute approximate surface area is 393 Å². The van der Waals surface area contributed by atoms with Gasteiger partial charge in [0, 0.05) is 19.3 Å². The Kier molecular flexibility index (Phi) is 48.5. The highest BCUT2D eigenvalue weighted by molar-refractivity contribution is 5.71. The SMILES string of the molecule is CC\C=C/C=C\C=C/C=C\CCCCCCCC(=O)OC(COC(=O)CCCCCCC/C=C\CCCCC)COC(=O)CCCCCCCC/C=C\C/C=C\C/C=C\C/C=C\CC. The molecule has 1 unspecified atom stereocenters. The molecule has 6 nitrogen and oxygen atoms in total. The second-order valence-electron chi connectivity index (χ2n) is 16.8. The van der Waals surface area contributed by atoms with Crippen LogP contribution in [0.4, 0.5) is 0 Å². The maximum absolute atomic E-state index is 12.8. The monoisotopic (exact) mass is 887 g/mol. The van der Waals surface area contributed by atoms with E-state index in [0.717, 1.165) is 135 Å². The van der Waals surface area contributed by atoms with Crippen molar-refractivity contribution in [3.8, 4) is 0 Å². The fraction of sp³-hybridized carbons (Fsp3) is 0.638. The Morgan fingerprint density at radius 3 is 1.16 bits per heavy atom. The van der Waals surface area contributed by atoms with Crippen molar-refractivity contribution in [3.05, 3.63) is 109 Å². The number of esters is 3. The molecule has 0 aliphatic heterocycles. The zero-order chi connectivity index (χ0) is 46.5. The van der Waals surface area contributed by atoms with Gasteiger partial charge < -0.3 is 14.2 Å². The van der Waals surface area contributed by atoms with Crippen LogP contribution in [0.5, 0.6) is 0 Å². The van der Waals surface area contributed by atoms with Crippen LogP contribution < -0.4 is 0 Å². The van der Waals surface area contributed by atoms with Crippen LogP contribution in [-0.2, 0) is 28.6 Å². The van der Waals surface area contributed by atoms with E-state index in [1.165, 1.54) is 44.9 Å². The van der Waals surface area contributed by atoms with E-state index >= 15 is 0 Å². The number of carbonyl (C=O) groups is 3. The molecule has 0 fully saturated rings. The van der Waals surface area contributed by atoms with E-state index in [1.807, 2.05) is 24.3 Å². The Morgan fingerprint density at radius 2 is 0.688 bits per heavy atom. The van der Waals surface area contributed by atoms with Crippen LogP contribution in [0.2, 0.25) is 0 Å². The molecule has 0 aromatic heterocycles. The molecule has 0 N–H and O–H groups in total. The molecule has 1 atom stereocenters. The molecule has 64 heavy (non-hydrogen) atoms. The number of rotatable bonds is 45. The van der Waals surface area contributed by atoms with Crippen molar-refractivity contribution in [2.45, 2.75) is 226 Å². The summed E-state index contributed by atoms with van der Waals surface area (Å²) in [6.07, 6.45) is 69.2. The molecule has 0 aliphatic carbocycles. The number of hydrogen-bond acceptors (Lipinski definition) is 6. The third kappa shape index (κ3) is 49.1. The van der Waals surface area contributed by atoms with Crippen LogP contribution in [0.25, 0.3) is 0 Å². The fourth-order valence-corrected chi connectivity index (χ4v) is 6.73. The molecule has 0 aromatic carbocycles. The number of carbonyl (C=O) groups excluding carboxylic acids is 3. The van der Waals surface area contributed by atoms with Crippen molar-refractivity contribution in [1.82, 2.24) is 0 Å². The molecular formula is C58H94O6. The molecule has 6 heteroatoms. The molecule has 0 aromatic rings. The number of ether oxygens (including phenoxy) is 3. The third-order valence-corrected chi connectivity index (χ3v) is 10.6.